The van der Waals surface area contributed by atoms with Crippen molar-refractivity contribution in [2.45, 2.75) is 12.4 Å². The molecular formula is C6H13F3O2S2. The van der Waals surface area contributed by atoms with Gasteiger partial charge in [-0.3, -0.25) is 0 Å². The van der Waals surface area contributed by atoms with Crippen molar-refractivity contribution in [3.05, 3.63) is 0 Å². The molecule has 0 heterocycles. The first-order chi connectivity index (χ1) is 5.52. The van der Waals surface area contributed by atoms with Crippen LogP contribution in [0.5, 0.6) is 0 Å². The summed E-state index contributed by atoms with van der Waals surface area (Å²) in [6.45, 7) is 1.70. The van der Waals surface area contributed by atoms with E-state index in [4.69, 9.17) is 0 Å². The van der Waals surface area contributed by atoms with Gasteiger partial charge in [-0.2, -0.15) is 13.2 Å². The van der Waals surface area contributed by atoms with E-state index in [1.807, 2.05) is 0 Å². The molecule has 0 unspecified atom stereocenters. The smallest absolute Gasteiger partial charge is 0.233 e. The van der Waals surface area contributed by atoms with E-state index < -0.39 is 30.5 Å². The molecule has 82 valence electrons. The van der Waals surface area contributed by atoms with Gasteiger partial charge < -0.3 is 0 Å². The third kappa shape index (κ3) is 3.76. The van der Waals surface area contributed by atoms with Gasteiger partial charge in [0.05, 0.1) is 5.08 Å². The lowest BCUT2D eigenvalue weighted by atomic mass is 11.0. The summed E-state index contributed by atoms with van der Waals surface area (Å²) in [6, 6.07) is 0. The molecule has 13 heavy (non-hydrogen) atoms. The standard InChI is InChI=1S/C6H13F3O2S2/c1-4-12(2,3)5-13(10,11)6(7,8)9/h4-5H2,1-3H3. The molecule has 0 saturated heterocycles. The monoisotopic (exact) mass is 238 g/mol. The number of hydrogen-bond acceptors (Lipinski definition) is 2. The fourth-order valence-corrected chi connectivity index (χ4v) is 5.13. The molecule has 0 aliphatic heterocycles. The number of halogens is 3. The van der Waals surface area contributed by atoms with Gasteiger partial charge >= 0.3 is 5.51 Å². The van der Waals surface area contributed by atoms with E-state index in [0.29, 0.717) is 5.75 Å². The first-order valence-electron chi connectivity index (χ1n) is 3.49. The van der Waals surface area contributed by atoms with E-state index in [0.717, 1.165) is 0 Å². The minimum absolute atomic E-state index is 0.475. The lowest BCUT2D eigenvalue weighted by Gasteiger charge is -2.29. The molecule has 0 rings (SSSR count). The van der Waals surface area contributed by atoms with Crippen molar-refractivity contribution >= 4 is 19.9 Å². The highest BCUT2D eigenvalue weighted by molar-refractivity contribution is 8.37. The number of rotatable bonds is 3. The van der Waals surface area contributed by atoms with Crippen LogP contribution in [-0.2, 0) is 9.84 Å². The molecule has 0 aromatic carbocycles. The summed E-state index contributed by atoms with van der Waals surface area (Å²) in [6.07, 6.45) is 3.16. The van der Waals surface area contributed by atoms with Crippen molar-refractivity contribution in [2.75, 3.05) is 23.3 Å². The third-order valence-electron chi connectivity index (χ3n) is 1.61. The number of sulfone groups is 1. The van der Waals surface area contributed by atoms with Gasteiger partial charge in [-0.05, 0) is 18.3 Å². The molecular weight excluding hydrogens is 225 g/mol. The summed E-state index contributed by atoms with van der Waals surface area (Å²) in [7, 11) is -6.60. The number of alkyl halides is 3. The Kier molecular flexibility index (Phi) is 3.71. The average Bonchev–Trinajstić information content (AvgIpc) is 1.83. The molecule has 0 N–H and O–H groups in total. The van der Waals surface area contributed by atoms with Gasteiger partial charge in [-0.25, -0.2) is 18.4 Å². The zero-order chi connectivity index (χ0) is 10.9. The van der Waals surface area contributed by atoms with E-state index in [1.165, 1.54) is 0 Å². The molecule has 0 fully saturated rings. The van der Waals surface area contributed by atoms with Crippen LogP contribution >= 0.6 is 10.0 Å². The van der Waals surface area contributed by atoms with E-state index >= 15 is 0 Å². The SMILES string of the molecule is CCS(C)(C)CS(=O)(=O)C(F)(F)F. The minimum atomic E-state index is -5.10. The van der Waals surface area contributed by atoms with Gasteiger partial charge in [0.15, 0.2) is 0 Å². The molecule has 0 spiro atoms. The molecule has 0 aromatic rings. The van der Waals surface area contributed by atoms with Crippen LogP contribution in [0, 0.1) is 0 Å². The zero-order valence-corrected chi connectivity index (χ0v) is 9.31. The maximum Gasteiger partial charge on any atom is 0.498 e. The summed E-state index contributed by atoms with van der Waals surface area (Å²) in [5.41, 5.74) is -5.10. The second-order valence-corrected chi connectivity index (χ2v) is 9.98. The van der Waals surface area contributed by atoms with Crippen molar-refractivity contribution in [1.29, 1.82) is 0 Å². The Morgan fingerprint density at radius 2 is 1.54 bits per heavy atom. The molecule has 0 bridgehead atoms. The Morgan fingerprint density at radius 3 is 1.77 bits per heavy atom. The predicted molar refractivity (Wildman–Crippen MR) is 49.8 cm³/mol. The summed E-state index contributed by atoms with van der Waals surface area (Å²) in [5.74, 6) is 0.475. The van der Waals surface area contributed by atoms with Crippen LogP contribution in [0.25, 0.3) is 0 Å². The fourth-order valence-electron chi connectivity index (χ4n) is 0.570. The topological polar surface area (TPSA) is 34.1 Å². The van der Waals surface area contributed by atoms with E-state index in [1.54, 1.807) is 19.4 Å². The molecule has 0 amide bonds. The molecule has 0 aliphatic rings. The quantitative estimate of drug-likeness (QED) is 0.753. The summed E-state index contributed by atoms with van der Waals surface area (Å²) in [4.78, 5) is 0. The van der Waals surface area contributed by atoms with Gasteiger partial charge in [0, 0.05) is 0 Å². The predicted octanol–water partition coefficient (Wildman–Crippen LogP) is 1.96. The van der Waals surface area contributed by atoms with Crippen molar-refractivity contribution in [2.24, 2.45) is 0 Å². The average molecular weight is 238 g/mol. The summed E-state index contributed by atoms with van der Waals surface area (Å²) >= 11 is 0. The van der Waals surface area contributed by atoms with Crippen molar-refractivity contribution in [3.63, 3.8) is 0 Å². The van der Waals surface area contributed by atoms with Gasteiger partial charge in [-0.1, -0.05) is 6.92 Å². The Bertz CT molecular complexity index is 266. The second-order valence-electron chi connectivity index (χ2n) is 3.23. The van der Waals surface area contributed by atoms with E-state index in [2.05, 4.69) is 0 Å². The van der Waals surface area contributed by atoms with E-state index in [9.17, 15) is 21.6 Å². The normalized spacial score (nSPS) is 15.8. The molecule has 0 aromatic heterocycles. The maximum atomic E-state index is 11.9. The Balaban J connectivity index is 4.74. The largest absolute Gasteiger partial charge is 0.498 e. The van der Waals surface area contributed by atoms with Crippen LogP contribution < -0.4 is 0 Å². The highest BCUT2D eigenvalue weighted by atomic mass is 32.3. The summed E-state index contributed by atoms with van der Waals surface area (Å²) in [5, 5.41) is -0.764. The van der Waals surface area contributed by atoms with Gasteiger partial charge in [0.1, 0.15) is 0 Å². The van der Waals surface area contributed by atoms with Crippen molar-refractivity contribution in [3.8, 4) is 0 Å². The van der Waals surface area contributed by atoms with Crippen LogP contribution in [0.2, 0.25) is 0 Å². The van der Waals surface area contributed by atoms with Crippen molar-refractivity contribution < 1.29 is 21.6 Å². The molecule has 0 atom stereocenters. The summed E-state index contributed by atoms with van der Waals surface area (Å²) < 4.78 is 57.2. The van der Waals surface area contributed by atoms with E-state index in [-0.39, 0.29) is 0 Å². The number of hydrogen-bond donors (Lipinski definition) is 0. The lowest BCUT2D eigenvalue weighted by Crippen LogP contribution is -2.28. The van der Waals surface area contributed by atoms with Gasteiger partial charge in [0.2, 0.25) is 0 Å². The van der Waals surface area contributed by atoms with Crippen LogP contribution in [0.15, 0.2) is 0 Å². The van der Waals surface area contributed by atoms with Crippen LogP contribution in [0.4, 0.5) is 13.2 Å². The molecule has 7 heteroatoms. The van der Waals surface area contributed by atoms with Gasteiger partial charge in [-0.15, -0.1) is 0 Å². The van der Waals surface area contributed by atoms with Crippen molar-refractivity contribution in [1.82, 2.24) is 0 Å². The first-order valence-corrected chi connectivity index (χ1v) is 7.93. The minimum Gasteiger partial charge on any atom is -0.233 e. The molecule has 0 radical (unpaired) electrons. The Morgan fingerprint density at radius 1 is 1.15 bits per heavy atom. The van der Waals surface area contributed by atoms with Crippen LogP contribution in [0.1, 0.15) is 6.92 Å². The first kappa shape index (κ1) is 13.1. The third-order valence-corrected chi connectivity index (χ3v) is 7.67. The fraction of sp³-hybridized carbons (Fsp3) is 1.00. The highest BCUT2D eigenvalue weighted by Gasteiger charge is 2.46. The Hall–Kier alpha value is 0.0900. The second kappa shape index (κ2) is 3.68. The maximum absolute atomic E-state index is 11.9. The Labute approximate surface area is 77.7 Å². The lowest BCUT2D eigenvalue weighted by molar-refractivity contribution is -0.0431. The molecule has 0 aliphatic carbocycles. The highest BCUT2D eigenvalue weighted by Crippen LogP contribution is 2.43. The molecule has 2 nitrogen and oxygen atoms in total. The van der Waals surface area contributed by atoms with Crippen LogP contribution in [-0.4, -0.2) is 37.3 Å². The zero-order valence-electron chi connectivity index (χ0n) is 7.68. The van der Waals surface area contributed by atoms with Crippen LogP contribution in [0.3, 0.4) is 0 Å². The molecule has 0 saturated carbocycles. The van der Waals surface area contributed by atoms with Gasteiger partial charge in [0.25, 0.3) is 9.84 Å².